The fourth-order valence-electron chi connectivity index (χ4n) is 4.70. The quantitative estimate of drug-likeness (QED) is 0.343. The fraction of sp³-hybridized carbons (Fsp3) is 0.296. The predicted octanol–water partition coefficient (Wildman–Crippen LogP) is 2.50. The summed E-state index contributed by atoms with van der Waals surface area (Å²) in [5, 5.41) is 1.24. The van der Waals surface area contributed by atoms with Gasteiger partial charge in [-0.2, -0.15) is 0 Å². The summed E-state index contributed by atoms with van der Waals surface area (Å²) in [5.41, 5.74) is 4.44. The van der Waals surface area contributed by atoms with Crippen LogP contribution in [0.15, 0.2) is 91.0 Å². The van der Waals surface area contributed by atoms with Crippen molar-refractivity contribution >= 4 is 25.1 Å². The third kappa shape index (κ3) is 4.96. The van der Waals surface area contributed by atoms with Crippen molar-refractivity contribution in [3.8, 4) is 0 Å². The molecule has 1 aliphatic heterocycles. The van der Waals surface area contributed by atoms with Crippen LogP contribution in [-0.4, -0.2) is 31.3 Å². The van der Waals surface area contributed by atoms with E-state index in [9.17, 15) is 0 Å². The summed E-state index contributed by atoms with van der Waals surface area (Å²) in [6, 6.07) is 34.0. The molecule has 156 valence electrons. The largest absolute Gasteiger partial charge is 1.00 e. The summed E-state index contributed by atoms with van der Waals surface area (Å²) in [6.07, 6.45) is 1.21. The Balaban J connectivity index is 0.00000256. The standard InChI is InChI=1S/C27H30NSe.BrH/c1-21(22-13-7-4-8-14-22)28-24(20-29-25-17-11-6-12-18-25)19-27(2,3)26(28)23-15-9-5-10-16-23;/h4-18,21,24H,19-20H2,1-3H3;1H/q+1;/p-1/t21-,24?;/m1./s1. The fourth-order valence-corrected chi connectivity index (χ4v) is 6.83. The maximum Gasteiger partial charge on any atom is -1.00 e. The molecule has 3 aromatic carbocycles. The molecule has 1 heterocycles. The second kappa shape index (κ2) is 10.1. The zero-order valence-electron chi connectivity index (χ0n) is 18.0. The zero-order chi connectivity index (χ0) is 20.3. The van der Waals surface area contributed by atoms with Gasteiger partial charge in [-0.05, 0) is 0 Å². The van der Waals surface area contributed by atoms with Crippen LogP contribution in [0, 0.1) is 5.41 Å². The van der Waals surface area contributed by atoms with E-state index in [0.29, 0.717) is 27.0 Å². The summed E-state index contributed by atoms with van der Waals surface area (Å²) < 4.78 is 4.24. The van der Waals surface area contributed by atoms with E-state index in [4.69, 9.17) is 0 Å². The van der Waals surface area contributed by atoms with E-state index >= 15 is 0 Å². The number of nitrogens with zero attached hydrogens (tertiary/aromatic N) is 1. The minimum Gasteiger partial charge on any atom is -1.00 e. The minimum atomic E-state index is 0. The summed E-state index contributed by atoms with van der Waals surface area (Å²) in [4.78, 5) is 0. The van der Waals surface area contributed by atoms with Gasteiger partial charge in [0.2, 0.25) is 0 Å². The van der Waals surface area contributed by atoms with Gasteiger partial charge in [-0.1, -0.05) is 0 Å². The normalized spacial score (nSPS) is 18.7. The number of hydrogen-bond donors (Lipinski definition) is 0. The van der Waals surface area contributed by atoms with Crippen molar-refractivity contribution in [2.45, 2.75) is 44.6 Å². The molecule has 0 spiro atoms. The van der Waals surface area contributed by atoms with Gasteiger partial charge in [0, 0.05) is 0 Å². The molecule has 0 bridgehead atoms. The van der Waals surface area contributed by atoms with Gasteiger partial charge in [-0.3, -0.25) is 0 Å². The zero-order valence-corrected chi connectivity index (χ0v) is 21.3. The molecule has 4 rings (SSSR count). The van der Waals surface area contributed by atoms with Crippen LogP contribution in [0.3, 0.4) is 0 Å². The Kier molecular flexibility index (Phi) is 7.74. The van der Waals surface area contributed by atoms with Crippen LogP contribution in [0.4, 0.5) is 0 Å². The molecular weight excluding hydrogens is 497 g/mol. The molecule has 0 aliphatic carbocycles. The molecule has 0 radical (unpaired) electrons. The number of benzene rings is 3. The first-order valence-electron chi connectivity index (χ1n) is 10.5. The second-order valence-electron chi connectivity index (χ2n) is 8.57. The maximum atomic E-state index is 2.75. The van der Waals surface area contributed by atoms with Gasteiger partial charge in [-0.15, -0.1) is 0 Å². The molecular formula is C27H30BrNSe. The van der Waals surface area contributed by atoms with Crippen molar-refractivity contribution in [2.24, 2.45) is 5.41 Å². The minimum absolute atomic E-state index is 0. The maximum absolute atomic E-state index is 2.75. The van der Waals surface area contributed by atoms with Gasteiger partial charge < -0.3 is 17.0 Å². The Bertz CT molecular complexity index is 968. The molecule has 0 saturated heterocycles. The number of rotatable bonds is 6. The van der Waals surface area contributed by atoms with Crippen molar-refractivity contribution in [1.29, 1.82) is 0 Å². The van der Waals surface area contributed by atoms with Gasteiger partial charge in [0.05, 0.1) is 0 Å². The van der Waals surface area contributed by atoms with Crippen LogP contribution >= 0.6 is 0 Å². The second-order valence-corrected chi connectivity index (χ2v) is 10.9. The average Bonchev–Trinajstić information content (AvgIpc) is 3.04. The summed E-state index contributed by atoms with van der Waals surface area (Å²) >= 11 is 0.489. The molecule has 1 nitrogen and oxygen atoms in total. The van der Waals surface area contributed by atoms with Crippen LogP contribution in [-0.2, 0) is 0 Å². The van der Waals surface area contributed by atoms with Crippen molar-refractivity contribution in [1.82, 2.24) is 0 Å². The third-order valence-corrected chi connectivity index (χ3v) is 8.40. The topological polar surface area (TPSA) is 3.01 Å². The van der Waals surface area contributed by atoms with Crippen molar-refractivity contribution < 1.29 is 21.6 Å². The number of hydrogen-bond acceptors (Lipinski definition) is 0. The van der Waals surface area contributed by atoms with Crippen LogP contribution in [0.25, 0.3) is 0 Å². The number of halogens is 1. The Labute approximate surface area is 198 Å². The van der Waals surface area contributed by atoms with Crippen molar-refractivity contribution in [3.63, 3.8) is 0 Å². The molecule has 0 N–H and O–H groups in total. The smallest absolute Gasteiger partial charge is 1.00 e. The molecule has 0 saturated carbocycles. The van der Waals surface area contributed by atoms with E-state index < -0.39 is 0 Å². The van der Waals surface area contributed by atoms with E-state index in [0.717, 1.165) is 0 Å². The summed E-state index contributed by atoms with van der Waals surface area (Å²) in [5.74, 6) is 0. The van der Waals surface area contributed by atoms with Crippen LogP contribution in [0.1, 0.15) is 44.4 Å². The molecule has 0 fully saturated rings. The van der Waals surface area contributed by atoms with E-state index in [1.165, 1.54) is 33.0 Å². The molecule has 0 amide bonds. The van der Waals surface area contributed by atoms with Gasteiger partial charge in [0.25, 0.3) is 0 Å². The molecule has 3 aromatic rings. The van der Waals surface area contributed by atoms with E-state index in [-0.39, 0.29) is 22.4 Å². The first-order valence-corrected chi connectivity index (χ1v) is 12.6. The molecule has 1 unspecified atom stereocenters. The average molecular weight is 527 g/mol. The SMILES string of the molecule is C[C@H](c1ccccc1)[N+]1=C(c2ccccc2)C(C)(C)CC1C[Se]c1ccccc1.[Br-]. The predicted molar refractivity (Wildman–Crippen MR) is 124 cm³/mol. The Morgan fingerprint density at radius 1 is 0.867 bits per heavy atom. The van der Waals surface area contributed by atoms with Crippen LogP contribution in [0.5, 0.6) is 0 Å². The van der Waals surface area contributed by atoms with Gasteiger partial charge >= 0.3 is 182 Å². The molecule has 1 aliphatic rings. The molecule has 30 heavy (non-hydrogen) atoms. The van der Waals surface area contributed by atoms with Crippen LogP contribution < -0.4 is 21.4 Å². The van der Waals surface area contributed by atoms with Gasteiger partial charge in [0.15, 0.2) is 0 Å². The van der Waals surface area contributed by atoms with Gasteiger partial charge in [-0.25, -0.2) is 0 Å². The van der Waals surface area contributed by atoms with Crippen molar-refractivity contribution in [2.75, 3.05) is 0 Å². The first-order chi connectivity index (χ1) is 14.1. The molecule has 2 atom stereocenters. The Morgan fingerprint density at radius 2 is 1.40 bits per heavy atom. The Morgan fingerprint density at radius 3 is 2.00 bits per heavy atom. The van der Waals surface area contributed by atoms with E-state index in [2.05, 4.69) is 116 Å². The monoisotopic (exact) mass is 527 g/mol. The summed E-state index contributed by atoms with van der Waals surface area (Å²) in [7, 11) is 0. The van der Waals surface area contributed by atoms with E-state index in [1.807, 2.05) is 0 Å². The molecule has 3 heteroatoms. The third-order valence-electron chi connectivity index (χ3n) is 5.97. The summed E-state index contributed by atoms with van der Waals surface area (Å²) in [6.45, 7) is 7.23. The van der Waals surface area contributed by atoms with E-state index in [1.54, 1.807) is 0 Å². The van der Waals surface area contributed by atoms with Crippen LogP contribution in [0.2, 0.25) is 5.32 Å². The first kappa shape index (κ1) is 23.0. The molecule has 0 aromatic heterocycles. The van der Waals surface area contributed by atoms with Gasteiger partial charge in [0.1, 0.15) is 0 Å². The Hall–Kier alpha value is -1.67. The van der Waals surface area contributed by atoms with Crippen molar-refractivity contribution in [3.05, 3.63) is 102 Å².